The fourth-order valence-corrected chi connectivity index (χ4v) is 0. The van der Waals surface area contributed by atoms with Crippen LogP contribution in [0.3, 0.4) is 0 Å². The Kier molecular flexibility index (Phi) is 14.9. The first-order chi connectivity index (χ1) is 4.00. The van der Waals surface area contributed by atoms with E-state index in [0.29, 0.717) is 0 Å². The van der Waals surface area contributed by atoms with Crippen molar-refractivity contribution in [1.29, 1.82) is 0 Å². The first-order valence-corrected chi connectivity index (χ1v) is 4.00. The van der Waals surface area contributed by atoms with E-state index < -0.39 is 20.8 Å². The predicted octanol–water partition coefficient (Wildman–Crippen LogP) is -3.87. The third-order valence-corrected chi connectivity index (χ3v) is 0. The third-order valence-electron chi connectivity index (χ3n) is 0. The molecule has 0 spiro atoms. The van der Waals surface area contributed by atoms with Crippen LogP contribution >= 0.6 is 0 Å². The van der Waals surface area contributed by atoms with Crippen molar-refractivity contribution in [3.8, 4) is 0 Å². The Morgan fingerprint density at radius 3 is 0.667 bits per heavy atom. The van der Waals surface area contributed by atoms with E-state index in [-0.39, 0.29) is 22.5 Å². The number of hydrogen-bond donors (Lipinski definition) is 0. The number of hydrogen-bond acceptors (Lipinski definition) is 8. The first-order valence-electron chi connectivity index (χ1n) is 1.33. The minimum atomic E-state index is -5.17. The zero-order valence-electron chi connectivity index (χ0n) is 5.09. The molecule has 12 heavy (non-hydrogen) atoms. The van der Waals surface area contributed by atoms with E-state index in [1.165, 1.54) is 0 Å². The van der Waals surface area contributed by atoms with E-state index in [4.69, 9.17) is 35.0 Å². The molecule has 1 radical (unpaired) electrons. The second-order valence-electron chi connectivity index (χ2n) is 0.816. The summed E-state index contributed by atoms with van der Waals surface area (Å²) < 4.78 is 68.2. The average Bonchev–Trinajstić information content (AvgIpc) is 1.12. The summed E-state index contributed by atoms with van der Waals surface area (Å²) in [6, 6.07) is 0. The Balaban J connectivity index is -0.0000000457. The molecule has 0 aliphatic heterocycles. The standard InChI is InChI=1S/Cu.2H2O4S.H4O/c;2*1-5(2,3)4;/h;2*(H2,1,2,3,4);1H4/q+2;;;+2/p-4. The van der Waals surface area contributed by atoms with Crippen LogP contribution in [0, 0.1) is 0 Å². The molecule has 0 heterocycles. The molecule has 4 N–H and O–H groups in total. The van der Waals surface area contributed by atoms with E-state index in [9.17, 15) is 0 Å². The van der Waals surface area contributed by atoms with Crippen LogP contribution in [0.15, 0.2) is 0 Å². The molecule has 12 heteroatoms. The average molecular weight is 276 g/mol. The first kappa shape index (κ1) is 22.8. The smallest absolute Gasteiger partial charge is 0.873 e. The normalized spacial score (nSPS) is 9.67. The summed E-state index contributed by atoms with van der Waals surface area (Å²) in [6.07, 6.45) is 0. The molecule has 0 atom stereocenters. The molecule has 0 aliphatic carbocycles. The van der Waals surface area contributed by atoms with Crippen molar-refractivity contribution in [2.24, 2.45) is 0 Å². The van der Waals surface area contributed by atoms with Crippen LogP contribution in [-0.4, -0.2) is 35.0 Å². The Morgan fingerprint density at radius 1 is 0.667 bits per heavy atom. The minimum Gasteiger partial charge on any atom is -0.873 e. The molecule has 0 aromatic carbocycles. The van der Waals surface area contributed by atoms with Crippen LogP contribution in [0.5, 0.6) is 0 Å². The topological polar surface area (TPSA) is 195 Å². The Hall–Kier alpha value is 0.219. The molecular weight excluding hydrogens is 272 g/mol. The van der Waals surface area contributed by atoms with Crippen molar-refractivity contribution >= 4 is 20.8 Å². The van der Waals surface area contributed by atoms with Gasteiger partial charge in [0.25, 0.3) is 0 Å². The fraction of sp³-hybridized carbons (Fsp3) is 0. The molecule has 0 unspecified atom stereocenters. The molecule has 0 saturated carbocycles. The summed E-state index contributed by atoms with van der Waals surface area (Å²) in [5, 5.41) is 0. The van der Waals surface area contributed by atoms with Gasteiger partial charge in [-0.05, 0) is 0 Å². The molecule has 0 saturated heterocycles. The van der Waals surface area contributed by atoms with Gasteiger partial charge in [-0.3, -0.25) is 16.8 Å². The van der Waals surface area contributed by atoms with Gasteiger partial charge in [0.05, 0.1) is 0 Å². The summed E-state index contributed by atoms with van der Waals surface area (Å²) >= 11 is 0. The summed E-state index contributed by atoms with van der Waals surface area (Å²) in [5.74, 6) is 0. The maximum atomic E-state index is 8.52. The molecule has 81 valence electrons. The van der Waals surface area contributed by atoms with Gasteiger partial charge in [-0.2, -0.15) is 0 Å². The molecule has 9 nitrogen and oxygen atoms in total. The van der Waals surface area contributed by atoms with E-state index in [1.54, 1.807) is 0 Å². The van der Waals surface area contributed by atoms with Gasteiger partial charge in [0.1, 0.15) is 0 Å². The van der Waals surface area contributed by atoms with E-state index in [1.807, 2.05) is 0 Å². The maximum Gasteiger partial charge on any atom is 2.00 e. The molecule has 0 fully saturated rings. The molecule has 0 bridgehead atoms. The van der Waals surface area contributed by atoms with Gasteiger partial charge in [-0.1, -0.05) is 0 Å². The number of rotatable bonds is 0. The van der Waals surface area contributed by atoms with Gasteiger partial charge in [0.15, 0.2) is 0 Å². The van der Waals surface area contributed by atoms with Gasteiger partial charge in [-0.25, -0.2) is 0 Å². The summed E-state index contributed by atoms with van der Waals surface area (Å²) in [6.45, 7) is 0. The molecule has 0 amide bonds. The van der Waals surface area contributed by atoms with Gasteiger partial charge in [0, 0.05) is 20.8 Å². The molecule has 0 aliphatic rings. The van der Waals surface area contributed by atoms with Crippen molar-refractivity contribution in [3.05, 3.63) is 0 Å². The second kappa shape index (κ2) is 7.85. The van der Waals surface area contributed by atoms with Crippen molar-refractivity contribution in [1.82, 2.24) is 0 Å². The molecular formula is H4CuO9S2. The quantitative estimate of drug-likeness (QED) is 0.243. The minimum absolute atomic E-state index is 0. The Morgan fingerprint density at radius 2 is 0.667 bits per heavy atom. The van der Waals surface area contributed by atoms with Gasteiger partial charge >= 0.3 is 17.1 Å². The van der Waals surface area contributed by atoms with Crippen LogP contribution in [0.25, 0.3) is 0 Å². The summed E-state index contributed by atoms with van der Waals surface area (Å²) in [5.41, 5.74) is 0. The van der Waals surface area contributed by atoms with Crippen molar-refractivity contribution < 1.29 is 57.6 Å². The fourth-order valence-electron chi connectivity index (χ4n) is 0. The van der Waals surface area contributed by atoms with Crippen LogP contribution in [-0.2, 0) is 43.3 Å². The zero-order chi connectivity index (χ0) is 9.00. The summed E-state index contributed by atoms with van der Waals surface area (Å²) in [4.78, 5) is 0. The van der Waals surface area contributed by atoms with Crippen LogP contribution in [0.2, 0.25) is 0 Å². The van der Waals surface area contributed by atoms with Gasteiger partial charge in [0.2, 0.25) is 0 Å². The third kappa shape index (κ3) is 18000. The van der Waals surface area contributed by atoms with Crippen molar-refractivity contribution in [2.45, 2.75) is 0 Å². The zero-order valence-corrected chi connectivity index (χ0v) is 7.67. The molecule has 0 aromatic rings. The van der Waals surface area contributed by atoms with Crippen molar-refractivity contribution in [2.75, 3.05) is 0 Å². The van der Waals surface area contributed by atoms with Crippen LogP contribution in [0.4, 0.5) is 0 Å². The summed E-state index contributed by atoms with van der Waals surface area (Å²) in [7, 11) is -10.3. The van der Waals surface area contributed by atoms with E-state index >= 15 is 0 Å². The molecule has 0 aromatic heterocycles. The largest absolute Gasteiger partial charge is 2.00 e. The van der Waals surface area contributed by atoms with Crippen molar-refractivity contribution in [3.63, 3.8) is 0 Å². The Labute approximate surface area is 78.7 Å². The van der Waals surface area contributed by atoms with Crippen LogP contribution in [0.1, 0.15) is 0 Å². The maximum absolute atomic E-state index is 8.52. The van der Waals surface area contributed by atoms with E-state index in [2.05, 4.69) is 0 Å². The van der Waals surface area contributed by atoms with E-state index in [0.717, 1.165) is 0 Å². The van der Waals surface area contributed by atoms with Gasteiger partial charge < -0.3 is 23.7 Å². The van der Waals surface area contributed by atoms with Gasteiger partial charge in [-0.15, -0.1) is 0 Å². The molecule has 0 rings (SSSR count). The predicted molar refractivity (Wildman–Crippen MR) is 27.2 cm³/mol. The Bertz CT molecular complexity index is 209. The monoisotopic (exact) mass is 275 g/mol. The SMILES string of the molecule is O=S(=O)([O-])[O-].O=S(=O)([O-])[O-].[Cu+2].[OH4+2]. The second-order valence-corrected chi connectivity index (χ2v) is 2.45. The van der Waals surface area contributed by atoms with Crippen LogP contribution < -0.4 is 0 Å².